The van der Waals surface area contributed by atoms with Crippen molar-refractivity contribution >= 4 is 17.7 Å². The first-order chi connectivity index (χ1) is 13.5. The van der Waals surface area contributed by atoms with Crippen LogP contribution in [0.15, 0.2) is 18.2 Å². The van der Waals surface area contributed by atoms with Gasteiger partial charge in [-0.2, -0.15) is 0 Å². The van der Waals surface area contributed by atoms with Crippen LogP contribution in [-0.4, -0.2) is 60.8 Å². The summed E-state index contributed by atoms with van der Waals surface area (Å²) in [7, 11) is 3.91. The Labute approximate surface area is 172 Å². The van der Waals surface area contributed by atoms with Crippen LogP contribution in [0.25, 0.3) is 0 Å². The third kappa shape index (κ3) is 7.45. The highest BCUT2D eigenvalue weighted by atomic mass is 16.6. The zero-order chi connectivity index (χ0) is 21.8. The van der Waals surface area contributed by atoms with Crippen molar-refractivity contribution in [2.75, 3.05) is 32.9 Å². The summed E-state index contributed by atoms with van der Waals surface area (Å²) in [4.78, 5) is 26.8. The molecule has 162 valence electrons. The molecule has 0 radical (unpaired) electrons. The molecule has 1 aromatic carbocycles. The Bertz CT molecular complexity index is 730. The molecule has 0 aliphatic heterocycles. The Kier molecular flexibility index (Phi) is 7.35. The highest BCUT2D eigenvalue weighted by Gasteiger charge is 2.48. The zero-order valence-electron chi connectivity index (χ0n) is 18.0. The number of likely N-dealkylation sites (N-methyl/N-ethyl adjacent to an activating group) is 1. The fourth-order valence-corrected chi connectivity index (χ4v) is 3.25. The van der Waals surface area contributed by atoms with Gasteiger partial charge in [0.1, 0.15) is 11.4 Å². The van der Waals surface area contributed by atoms with Crippen LogP contribution in [0, 0.1) is 11.8 Å². The molecule has 5 N–H and O–H groups in total. The fraction of sp³-hybridized carbons (Fsp3) is 0.619. The normalized spacial score (nSPS) is 19.5. The molecular weight excluding hydrogens is 372 g/mol. The van der Waals surface area contributed by atoms with Crippen LogP contribution in [0.3, 0.4) is 0 Å². The molecule has 2 rings (SSSR count). The third-order valence-corrected chi connectivity index (χ3v) is 4.80. The quantitative estimate of drug-likeness (QED) is 0.386. The Morgan fingerprint density at radius 2 is 2.03 bits per heavy atom. The SMILES string of the molecule is CN(C)CCNC(=O)C1CC1[C@H](Cc1ccc(O)c(N)c1)NC(=O)OC(C)(C)C. The molecule has 1 aliphatic carbocycles. The average molecular weight is 407 g/mol. The molecule has 8 heteroatoms. The van der Waals surface area contributed by atoms with E-state index in [1.165, 1.54) is 6.07 Å². The summed E-state index contributed by atoms with van der Waals surface area (Å²) in [6, 6.07) is 4.73. The average Bonchev–Trinajstić information content (AvgIpc) is 3.36. The van der Waals surface area contributed by atoms with E-state index in [2.05, 4.69) is 10.6 Å². The van der Waals surface area contributed by atoms with Crippen molar-refractivity contribution in [1.82, 2.24) is 15.5 Å². The summed E-state index contributed by atoms with van der Waals surface area (Å²) in [6.07, 6.45) is 0.699. The number of carbonyl (C=O) groups excluding carboxylic acids is 2. The van der Waals surface area contributed by atoms with Crippen LogP contribution in [0.1, 0.15) is 32.8 Å². The number of hydrogen-bond acceptors (Lipinski definition) is 6. The van der Waals surface area contributed by atoms with E-state index in [0.717, 1.165) is 12.1 Å². The fourth-order valence-electron chi connectivity index (χ4n) is 3.25. The Morgan fingerprint density at radius 3 is 2.62 bits per heavy atom. The standard InChI is InChI=1S/C21H34N4O4/c1-21(2,3)29-20(28)24-17(11-13-6-7-18(26)16(22)10-13)14-12-15(14)19(27)23-8-9-25(4)5/h6-7,10,14-15,17,26H,8-9,11-12,22H2,1-5H3,(H,23,27)(H,24,28)/t14?,15?,17-/m0/s1. The molecule has 1 saturated carbocycles. The number of nitrogens with two attached hydrogens (primary N) is 1. The number of nitrogens with one attached hydrogen (secondary N) is 2. The van der Waals surface area contributed by atoms with E-state index < -0.39 is 11.7 Å². The molecule has 2 amide bonds. The molecule has 8 nitrogen and oxygen atoms in total. The highest BCUT2D eigenvalue weighted by molar-refractivity contribution is 5.82. The van der Waals surface area contributed by atoms with Gasteiger partial charge < -0.3 is 31.1 Å². The maximum Gasteiger partial charge on any atom is 0.407 e. The second-order valence-corrected chi connectivity index (χ2v) is 8.95. The lowest BCUT2D eigenvalue weighted by Gasteiger charge is -2.24. The summed E-state index contributed by atoms with van der Waals surface area (Å²) in [5, 5.41) is 15.5. The number of rotatable bonds is 8. The van der Waals surface area contributed by atoms with Gasteiger partial charge in [-0.25, -0.2) is 4.79 Å². The number of anilines is 1. The molecular formula is C21H34N4O4. The first kappa shape index (κ1) is 22.8. The molecule has 0 bridgehead atoms. The molecule has 2 unspecified atom stereocenters. The lowest BCUT2D eigenvalue weighted by Crippen LogP contribution is -2.42. The van der Waals surface area contributed by atoms with Gasteiger partial charge in [-0.1, -0.05) is 6.07 Å². The van der Waals surface area contributed by atoms with Crippen molar-refractivity contribution in [2.24, 2.45) is 11.8 Å². The summed E-state index contributed by atoms with van der Waals surface area (Å²) < 4.78 is 5.39. The number of carbonyl (C=O) groups is 2. The van der Waals surface area contributed by atoms with Gasteiger partial charge in [0, 0.05) is 25.0 Å². The second-order valence-electron chi connectivity index (χ2n) is 8.95. The van der Waals surface area contributed by atoms with E-state index in [-0.39, 0.29) is 35.2 Å². The predicted octanol–water partition coefficient (Wildman–Crippen LogP) is 1.72. The molecule has 0 heterocycles. The molecule has 1 aliphatic rings. The van der Waals surface area contributed by atoms with E-state index >= 15 is 0 Å². The number of aromatic hydroxyl groups is 1. The Hall–Kier alpha value is -2.48. The van der Waals surface area contributed by atoms with Gasteiger partial charge in [0.05, 0.1) is 5.69 Å². The smallest absolute Gasteiger partial charge is 0.407 e. The maximum absolute atomic E-state index is 12.4. The van der Waals surface area contributed by atoms with E-state index in [1.807, 2.05) is 19.0 Å². The highest BCUT2D eigenvalue weighted by Crippen LogP contribution is 2.42. The van der Waals surface area contributed by atoms with Crippen molar-refractivity contribution in [3.05, 3.63) is 23.8 Å². The van der Waals surface area contributed by atoms with Gasteiger partial charge in [-0.3, -0.25) is 4.79 Å². The van der Waals surface area contributed by atoms with E-state index in [9.17, 15) is 14.7 Å². The number of phenolic OH excluding ortho intramolecular Hbond substituents is 1. The van der Waals surface area contributed by atoms with Crippen LogP contribution in [0.2, 0.25) is 0 Å². The summed E-state index contributed by atoms with van der Waals surface area (Å²) in [5.74, 6) is -0.0727. The zero-order valence-corrected chi connectivity index (χ0v) is 18.0. The first-order valence-corrected chi connectivity index (χ1v) is 9.95. The van der Waals surface area contributed by atoms with Crippen LogP contribution in [0.5, 0.6) is 5.75 Å². The Morgan fingerprint density at radius 1 is 1.34 bits per heavy atom. The van der Waals surface area contributed by atoms with Gasteiger partial charge in [0.25, 0.3) is 0 Å². The van der Waals surface area contributed by atoms with E-state index in [1.54, 1.807) is 32.9 Å². The number of nitrogens with zero attached hydrogens (tertiary/aromatic N) is 1. The Balaban J connectivity index is 2.04. The number of benzene rings is 1. The van der Waals surface area contributed by atoms with E-state index in [0.29, 0.717) is 19.4 Å². The first-order valence-electron chi connectivity index (χ1n) is 9.95. The number of nitrogen functional groups attached to an aromatic ring is 1. The summed E-state index contributed by atoms with van der Waals surface area (Å²) in [5.41, 5.74) is 6.35. The van der Waals surface area contributed by atoms with Gasteiger partial charge >= 0.3 is 6.09 Å². The molecule has 0 spiro atoms. The van der Waals surface area contributed by atoms with Gasteiger partial charge in [0.15, 0.2) is 0 Å². The van der Waals surface area contributed by atoms with Crippen LogP contribution < -0.4 is 16.4 Å². The second kappa shape index (κ2) is 9.35. The summed E-state index contributed by atoms with van der Waals surface area (Å²) >= 11 is 0. The lowest BCUT2D eigenvalue weighted by molar-refractivity contribution is -0.122. The molecule has 1 aromatic rings. The monoisotopic (exact) mass is 406 g/mol. The lowest BCUT2D eigenvalue weighted by atomic mass is 10.00. The minimum atomic E-state index is -0.607. The van der Waals surface area contributed by atoms with Crippen LogP contribution in [0.4, 0.5) is 10.5 Å². The molecule has 1 fully saturated rings. The number of phenols is 1. The van der Waals surface area contributed by atoms with Gasteiger partial charge in [0.2, 0.25) is 5.91 Å². The van der Waals surface area contributed by atoms with Crippen LogP contribution >= 0.6 is 0 Å². The van der Waals surface area contributed by atoms with Gasteiger partial charge in [-0.15, -0.1) is 0 Å². The predicted molar refractivity (Wildman–Crippen MR) is 113 cm³/mol. The number of amides is 2. The summed E-state index contributed by atoms with van der Waals surface area (Å²) in [6.45, 7) is 6.78. The molecule has 0 aromatic heterocycles. The minimum Gasteiger partial charge on any atom is -0.506 e. The number of alkyl carbamates (subject to hydrolysis) is 1. The minimum absolute atomic E-state index is 0.0121. The maximum atomic E-state index is 12.4. The number of ether oxygens (including phenoxy) is 1. The largest absolute Gasteiger partial charge is 0.506 e. The molecule has 3 atom stereocenters. The number of hydrogen-bond donors (Lipinski definition) is 4. The molecule has 0 saturated heterocycles. The topological polar surface area (TPSA) is 117 Å². The van der Waals surface area contributed by atoms with Crippen molar-refractivity contribution in [2.45, 2.75) is 45.3 Å². The van der Waals surface area contributed by atoms with Crippen molar-refractivity contribution < 1.29 is 19.4 Å². The van der Waals surface area contributed by atoms with Crippen molar-refractivity contribution in [3.63, 3.8) is 0 Å². The van der Waals surface area contributed by atoms with Gasteiger partial charge in [-0.05, 0) is 71.3 Å². The van der Waals surface area contributed by atoms with Crippen molar-refractivity contribution in [3.8, 4) is 5.75 Å². The third-order valence-electron chi connectivity index (χ3n) is 4.80. The van der Waals surface area contributed by atoms with E-state index in [4.69, 9.17) is 10.5 Å². The molecule has 29 heavy (non-hydrogen) atoms. The van der Waals surface area contributed by atoms with Crippen molar-refractivity contribution in [1.29, 1.82) is 0 Å². The van der Waals surface area contributed by atoms with Crippen LogP contribution in [-0.2, 0) is 16.0 Å².